The first-order chi connectivity index (χ1) is 12.0. The molecule has 1 aromatic carbocycles. The van der Waals surface area contributed by atoms with Crippen LogP contribution in [0.4, 0.5) is 0 Å². The van der Waals surface area contributed by atoms with Crippen LogP contribution in [0.5, 0.6) is 11.5 Å². The standard InChI is InChI=1S/C17H22N2O5S/c1-3-23-13-9-11-12(10-14(13)24-4-2)18-17(25)19(16(11)22)8-6-5-7-15(20)21/h9-10H,3-8H2,1-2H3,(H,18,25)(H,20,21)/p-1. The maximum absolute atomic E-state index is 12.8. The highest BCUT2D eigenvalue weighted by Gasteiger charge is 2.12. The predicted molar refractivity (Wildman–Crippen MR) is 94.6 cm³/mol. The van der Waals surface area contributed by atoms with Crippen LogP contribution in [0, 0.1) is 4.77 Å². The number of hydrogen-bond acceptors (Lipinski definition) is 6. The molecular formula is C17H21N2O5S-. The molecule has 0 amide bonds. The topological polar surface area (TPSA) is 96.4 Å². The van der Waals surface area contributed by atoms with Gasteiger partial charge in [0, 0.05) is 18.6 Å². The maximum atomic E-state index is 12.8. The van der Waals surface area contributed by atoms with Crippen molar-refractivity contribution < 1.29 is 19.4 Å². The smallest absolute Gasteiger partial charge is 0.262 e. The fourth-order valence-corrected chi connectivity index (χ4v) is 2.82. The van der Waals surface area contributed by atoms with Crippen molar-refractivity contribution in [1.29, 1.82) is 0 Å². The van der Waals surface area contributed by atoms with Crippen molar-refractivity contribution in [3.8, 4) is 11.5 Å². The summed E-state index contributed by atoms with van der Waals surface area (Å²) in [6.07, 6.45) is 0.909. The van der Waals surface area contributed by atoms with Gasteiger partial charge in [0.1, 0.15) is 0 Å². The lowest BCUT2D eigenvalue weighted by Crippen LogP contribution is -2.24. The van der Waals surface area contributed by atoms with Crippen molar-refractivity contribution in [2.45, 2.75) is 39.7 Å². The first kappa shape index (κ1) is 19.0. The first-order valence-electron chi connectivity index (χ1n) is 8.24. The molecule has 0 aliphatic carbocycles. The number of ether oxygens (including phenoxy) is 2. The van der Waals surface area contributed by atoms with Crippen molar-refractivity contribution in [2.75, 3.05) is 13.2 Å². The summed E-state index contributed by atoms with van der Waals surface area (Å²) >= 11 is 5.27. The summed E-state index contributed by atoms with van der Waals surface area (Å²) < 4.78 is 12.8. The minimum atomic E-state index is -1.10. The Morgan fingerprint density at radius 1 is 1.20 bits per heavy atom. The van der Waals surface area contributed by atoms with Crippen molar-refractivity contribution in [3.63, 3.8) is 0 Å². The second-order valence-corrected chi connectivity index (χ2v) is 5.81. The Hall–Kier alpha value is -2.35. The van der Waals surface area contributed by atoms with E-state index in [0.29, 0.717) is 55.0 Å². The largest absolute Gasteiger partial charge is 0.550 e. The number of fused-ring (bicyclic) bond motifs is 1. The van der Waals surface area contributed by atoms with Crippen LogP contribution in [-0.2, 0) is 11.3 Å². The summed E-state index contributed by atoms with van der Waals surface area (Å²) in [5.74, 6) is -0.0441. The minimum Gasteiger partial charge on any atom is -0.550 e. The minimum absolute atomic E-state index is 0.0367. The van der Waals surface area contributed by atoms with Crippen LogP contribution >= 0.6 is 12.2 Å². The molecule has 1 N–H and O–H groups in total. The molecule has 25 heavy (non-hydrogen) atoms. The molecule has 0 radical (unpaired) electrons. The van der Waals surface area contributed by atoms with E-state index in [4.69, 9.17) is 21.7 Å². The normalized spacial score (nSPS) is 10.8. The van der Waals surface area contributed by atoms with E-state index in [1.54, 1.807) is 12.1 Å². The van der Waals surface area contributed by atoms with Gasteiger partial charge in [0.2, 0.25) is 0 Å². The number of benzene rings is 1. The zero-order valence-corrected chi connectivity index (χ0v) is 15.1. The number of carboxylic acids is 1. The van der Waals surface area contributed by atoms with Crippen LogP contribution in [0.1, 0.15) is 33.1 Å². The summed E-state index contributed by atoms with van der Waals surface area (Å²) in [6.45, 7) is 4.99. The van der Waals surface area contributed by atoms with Gasteiger partial charge in [-0.05, 0) is 51.4 Å². The quantitative estimate of drug-likeness (QED) is 0.537. The molecule has 0 saturated heterocycles. The van der Waals surface area contributed by atoms with Crippen LogP contribution in [-0.4, -0.2) is 28.7 Å². The third kappa shape index (κ3) is 4.60. The Bertz CT molecular complexity index is 872. The number of carbonyl (C=O) groups is 1. The molecule has 0 aliphatic heterocycles. The average molecular weight is 365 g/mol. The summed E-state index contributed by atoms with van der Waals surface area (Å²) in [7, 11) is 0. The molecule has 7 nitrogen and oxygen atoms in total. The molecule has 0 atom stereocenters. The monoisotopic (exact) mass is 365 g/mol. The molecule has 0 saturated carbocycles. The Balaban J connectivity index is 2.42. The highest BCUT2D eigenvalue weighted by atomic mass is 32.1. The van der Waals surface area contributed by atoms with Gasteiger partial charge in [0.15, 0.2) is 16.3 Å². The van der Waals surface area contributed by atoms with Crippen LogP contribution in [0.25, 0.3) is 10.9 Å². The van der Waals surface area contributed by atoms with Crippen LogP contribution in [0.2, 0.25) is 0 Å². The predicted octanol–water partition coefficient (Wildman–Crippen LogP) is 1.78. The van der Waals surface area contributed by atoms with Crippen molar-refractivity contribution in [1.82, 2.24) is 9.55 Å². The SMILES string of the molecule is CCOc1cc2[nH]c(=S)n(CCCCC(=O)[O-])c(=O)c2cc1OCC. The van der Waals surface area contributed by atoms with Crippen LogP contribution in [0.15, 0.2) is 16.9 Å². The van der Waals surface area contributed by atoms with Crippen molar-refractivity contribution in [3.05, 3.63) is 27.3 Å². The Labute approximate surface area is 150 Å². The number of aliphatic carboxylic acids is 1. The molecular weight excluding hydrogens is 344 g/mol. The number of aromatic nitrogens is 2. The van der Waals surface area contributed by atoms with Crippen LogP contribution in [0.3, 0.4) is 0 Å². The lowest BCUT2D eigenvalue weighted by molar-refractivity contribution is -0.305. The van der Waals surface area contributed by atoms with Gasteiger partial charge in [-0.2, -0.15) is 0 Å². The number of H-pyrrole nitrogens is 1. The number of aromatic amines is 1. The number of hydrogen-bond donors (Lipinski definition) is 1. The molecule has 0 fully saturated rings. The summed E-state index contributed by atoms with van der Waals surface area (Å²) in [4.78, 5) is 26.3. The third-order valence-corrected chi connectivity index (χ3v) is 3.98. The first-order valence-corrected chi connectivity index (χ1v) is 8.65. The molecule has 2 aromatic rings. The number of unbranched alkanes of at least 4 members (excludes halogenated alkanes) is 1. The molecule has 2 rings (SSSR count). The van der Waals surface area contributed by atoms with Gasteiger partial charge in [0.25, 0.3) is 5.56 Å². The molecule has 8 heteroatoms. The second kappa shape index (κ2) is 8.66. The Morgan fingerprint density at radius 2 is 1.84 bits per heavy atom. The van der Waals surface area contributed by atoms with Crippen LogP contribution < -0.4 is 20.1 Å². The van der Waals surface area contributed by atoms with E-state index >= 15 is 0 Å². The fourth-order valence-electron chi connectivity index (χ4n) is 2.54. The third-order valence-electron chi connectivity index (χ3n) is 3.66. The maximum Gasteiger partial charge on any atom is 0.262 e. The molecule has 0 unspecified atom stereocenters. The summed E-state index contributed by atoms with van der Waals surface area (Å²) in [5, 5.41) is 10.9. The zero-order chi connectivity index (χ0) is 18.4. The number of nitrogens with one attached hydrogen (secondary N) is 1. The molecule has 0 spiro atoms. The van der Waals surface area contributed by atoms with E-state index in [-0.39, 0.29) is 16.8 Å². The second-order valence-electron chi connectivity index (χ2n) is 5.43. The van der Waals surface area contributed by atoms with Gasteiger partial charge >= 0.3 is 0 Å². The molecule has 1 heterocycles. The average Bonchev–Trinajstić information content (AvgIpc) is 2.55. The van der Waals surface area contributed by atoms with E-state index in [1.807, 2.05) is 13.8 Å². The summed E-state index contributed by atoms with van der Waals surface area (Å²) in [5.41, 5.74) is 0.337. The van der Waals surface area contributed by atoms with Gasteiger partial charge in [0.05, 0.1) is 24.1 Å². The summed E-state index contributed by atoms with van der Waals surface area (Å²) in [6, 6.07) is 3.36. The number of rotatable bonds is 9. The van der Waals surface area contributed by atoms with E-state index in [9.17, 15) is 14.7 Å². The van der Waals surface area contributed by atoms with Crippen molar-refractivity contribution >= 4 is 29.1 Å². The van der Waals surface area contributed by atoms with E-state index in [0.717, 1.165) is 0 Å². The highest BCUT2D eigenvalue weighted by molar-refractivity contribution is 7.71. The Kier molecular flexibility index (Phi) is 6.58. The fraction of sp³-hybridized carbons (Fsp3) is 0.471. The lowest BCUT2D eigenvalue weighted by atomic mass is 10.2. The lowest BCUT2D eigenvalue weighted by Gasteiger charge is -2.13. The molecule has 1 aromatic heterocycles. The Morgan fingerprint density at radius 3 is 2.44 bits per heavy atom. The number of carboxylic acid groups (broad SMARTS) is 1. The molecule has 136 valence electrons. The molecule has 0 aliphatic rings. The molecule has 0 bridgehead atoms. The van der Waals surface area contributed by atoms with Crippen molar-refractivity contribution in [2.24, 2.45) is 0 Å². The van der Waals surface area contributed by atoms with E-state index in [2.05, 4.69) is 4.98 Å². The van der Waals surface area contributed by atoms with Gasteiger partial charge in [-0.15, -0.1) is 0 Å². The van der Waals surface area contributed by atoms with Gasteiger partial charge in [-0.1, -0.05) is 0 Å². The van der Waals surface area contributed by atoms with E-state index in [1.165, 1.54) is 4.57 Å². The van der Waals surface area contributed by atoms with E-state index < -0.39 is 5.97 Å². The zero-order valence-electron chi connectivity index (χ0n) is 14.3. The number of nitrogens with zero attached hydrogens (tertiary/aromatic N) is 1. The van der Waals surface area contributed by atoms with Gasteiger partial charge in [-0.25, -0.2) is 0 Å². The number of carbonyl (C=O) groups excluding carboxylic acids is 1. The highest BCUT2D eigenvalue weighted by Crippen LogP contribution is 2.30. The van der Waals surface area contributed by atoms with Gasteiger partial charge in [-0.3, -0.25) is 9.36 Å². The van der Waals surface area contributed by atoms with Gasteiger partial charge < -0.3 is 24.4 Å².